The molecule has 1 aromatic heterocycles. The number of aryl methyl sites for hydroxylation is 2. The minimum Gasteiger partial charge on any atom is -0.481 e. The normalized spacial score (nSPS) is 19.8. The highest BCUT2D eigenvalue weighted by Crippen LogP contribution is 2.20. The van der Waals surface area contributed by atoms with Crippen LogP contribution in [-0.4, -0.2) is 40.9 Å². The van der Waals surface area contributed by atoms with Gasteiger partial charge in [0.1, 0.15) is 6.10 Å². The summed E-state index contributed by atoms with van der Waals surface area (Å²) in [5, 5.41) is 8.83. The van der Waals surface area contributed by atoms with Crippen LogP contribution >= 0.6 is 0 Å². The van der Waals surface area contributed by atoms with Crippen molar-refractivity contribution < 1.29 is 19.4 Å². The number of aliphatic carboxylic acids is 1. The van der Waals surface area contributed by atoms with Gasteiger partial charge in [0, 0.05) is 17.0 Å². The molecule has 1 saturated heterocycles. The van der Waals surface area contributed by atoms with E-state index >= 15 is 0 Å². The van der Waals surface area contributed by atoms with E-state index in [-0.39, 0.29) is 12.5 Å². The molecule has 1 aromatic rings. The van der Waals surface area contributed by atoms with Crippen LogP contribution in [0.15, 0.2) is 0 Å². The van der Waals surface area contributed by atoms with Crippen LogP contribution in [0.5, 0.6) is 0 Å². The Bertz CT molecular complexity index is 432. The van der Waals surface area contributed by atoms with Crippen molar-refractivity contribution in [1.82, 2.24) is 9.97 Å². The summed E-state index contributed by atoms with van der Waals surface area (Å²) in [6.07, 6.45) is -0.310. The maximum Gasteiger partial charge on any atom is 0.307 e. The molecule has 2 rings (SSSR count). The molecule has 98 valence electrons. The first-order valence-corrected chi connectivity index (χ1v) is 5.83. The van der Waals surface area contributed by atoms with E-state index in [9.17, 15) is 4.79 Å². The van der Waals surface area contributed by atoms with E-state index in [4.69, 9.17) is 14.6 Å². The van der Waals surface area contributed by atoms with E-state index in [1.807, 2.05) is 0 Å². The molecule has 0 aromatic carbocycles. The second kappa shape index (κ2) is 5.41. The Morgan fingerprint density at radius 1 is 1.33 bits per heavy atom. The molecule has 1 atom stereocenters. The molecule has 1 fully saturated rings. The molecule has 1 N–H and O–H groups in total. The van der Waals surface area contributed by atoms with E-state index in [0.29, 0.717) is 42.6 Å². The fraction of sp³-hybridized carbons (Fsp3) is 0.583. The lowest BCUT2D eigenvalue weighted by Gasteiger charge is -2.22. The Kier molecular flexibility index (Phi) is 3.88. The van der Waals surface area contributed by atoms with Crippen molar-refractivity contribution in [3.63, 3.8) is 0 Å². The maximum atomic E-state index is 10.8. The van der Waals surface area contributed by atoms with Crippen molar-refractivity contribution in [2.45, 2.75) is 26.4 Å². The van der Waals surface area contributed by atoms with Gasteiger partial charge < -0.3 is 14.6 Å². The van der Waals surface area contributed by atoms with E-state index < -0.39 is 5.97 Å². The Morgan fingerprint density at radius 2 is 2.00 bits per heavy atom. The predicted octanol–water partition coefficient (Wildman–Crippen LogP) is 0.808. The van der Waals surface area contributed by atoms with Gasteiger partial charge in [-0.2, -0.15) is 0 Å². The molecule has 1 aliphatic heterocycles. The lowest BCUT2D eigenvalue weighted by Crippen LogP contribution is -2.24. The first-order chi connectivity index (χ1) is 8.58. The largest absolute Gasteiger partial charge is 0.481 e. The van der Waals surface area contributed by atoms with E-state index in [1.165, 1.54) is 0 Å². The second-order valence-corrected chi connectivity index (χ2v) is 4.24. The summed E-state index contributed by atoms with van der Waals surface area (Å²) in [7, 11) is 0. The Hall–Kier alpha value is -1.53. The number of carboxylic acids is 1. The average Bonchev–Trinajstić information content (AvgIpc) is 2.34. The third-order valence-corrected chi connectivity index (χ3v) is 2.87. The maximum absolute atomic E-state index is 10.8. The van der Waals surface area contributed by atoms with Crippen molar-refractivity contribution in [2.24, 2.45) is 0 Å². The van der Waals surface area contributed by atoms with Gasteiger partial charge in [-0.3, -0.25) is 4.79 Å². The minimum absolute atomic E-state index is 0.0556. The fourth-order valence-electron chi connectivity index (χ4n) is 1.95. The van der Waals surface area contributed by atoms with Gasteiger partial charge in [-0.15, -0.1) is 0 Å². The summed E-state index contributed by atoms with van der Waals surface area (Å²) < 4.78 is 10.8. The fourth-order valence-corrected chi connectivity index (χ4v) is 1.95. The van der Waals surface area contributed by atoms with Crippen molar-refractivity contribution in [3.8, 4) is 0 Å². The first kappa shape index (κ1) is 12.9. The lowest BCUT2D eigenvalue weighted by molar-refractivity contribution is -0.136. The molecule has 1 aliphatic rings. The summed E-state index contributed by atoms with van der Waals surface area (Å²) in [5.74, 6) is -0.311. The third-order valence-electron chi connectivity index (χ3n) is 2.87. The van der Waals surface area contributed by atoms with E-state index in [1.54, 1.807) is 13.8 Å². The monoisotopic (exact) mass is 252 g/mol. The molecular formula is C12H16N2O4. The number of aromatic nitrogens is 2. The Morgan fingerprint density at radius 3 is 2.50 bits per heavy atom. The average molecular weight is 252 g/mol. The van der Waals surface area contributed by atoms with Gasteiger partial charge >= 0.3 is 5.97 Å². The van der Waals surface area contributed by atoms with Crippen LogP contribution in [0.25, 0.3) is 0 Å². The van der Waals surface area contributed by atoms with Crippen molar-refractivity contribution >= 4 is 5.97 Å². The molecule has 0 aliphatic carbocycles. The molecule has 0 radical (unpaired) electrons. The number of nitrogens with zero attached hydrogens (tertiary/aromatic N) is 2. The molecule has 1 unspecified atom stereocenters. The van der Waals surface area contributed by atoms with E-state index in [0.717, 1.165) is 0 Å². The quantitative estimate of drug-likeness (QED) is 0.857. The highest BCUT2D eigenvalue weighted by atomic mass is 16.6. The van der Waals surface area contributed by atoms with Crippen molar-refractivity contribution in [3.05, 3.63) is 22.8 Å². The predicted molar refractivity (Wildman–Crippen MR) is 62.4 cm³/mol. The highest BCUT2D eigenvalue weighted by Gasteiger charge is 2.21. The van der Waals surface area contributed by atoms with Crippen LogP contribution < -0.4 is 0 Å². The highest BCUT2D eigenvalue weighted by molar-refractivity contribution is 5.70. The van der Waals surface area contributed by atoms with Gasteiger partial charge in [0.2, 0.25) is 0 Å². The molecule has 0 bridgehead atoms. The molecule has 18 heavy (non-hydrogen) atoms. The van der Waals surface area contributed by atoms with Gasteiger partial charge in [0.05, 0.1) is 26.2 Å². The number of carboxylic acid groups (broad SMARTS) is 1. The summed E-state index contributed by atoms with van der Waals surface area (Å²) in [4.78, 5) is 19.4. The van der Waals surface area contributed by atoms with Gasteiger partial charge in [0.25, 0.3) is 0 Å². The lowest BCUT2D eigenvalue weighted by atomic mass is 10.1. The number of rotatable bonds is 3. The van der Waals surface area contributed by atoms with Crippen LogP contribution in [-0.2, 0) is 20.7 Å². The van der Waals surface area contributed by atoms with Crippen molar-refractivity contribution in [1.29, 1.82) is 0 Å². The second-order valence-electron chi connectivity index (χ2n) is 4.24. The van der Waals surface area contributed by atoms with Crippen LogP contribution in [0.4, 0.5) is 0 Å². The zero-order chi connectivity index (χ0) is 13.1. The van der Waals surface area contributed by atoms with Crippen LogP contribution in [0.2, 0.25) is 0 Å². The Balaban J connectivity index is 2.26. The molecule has 6 nitrogen and oxygen atoms in total. The van der Waals surface area contributed by atoms with E-state index in [2.05, 4.69) is 9.97 Å². The van der Waals surface area contributed by atoms with Crippen LogP contribution in [0, 0.1) is 13.8 Å². The smallest absolute Gasteiger partial charge is 0.307 e. The first-order valence-electron chi connectivity index (χ1n) is 5.83. The number of hydrogen-bond acceptors (Lipinski definition) is 5. The molecule has 0 saturated carbocycles. The van der Waals surface area contributed by atoms with Gasteiger partial charge in [-0.25, -0.2) is 9.97 Å². The standard InChI is InChI=1S/C12H16N2O4/c1-7-9(5-11(15)16)8(2)14-12(13-7)10-6-17-3-4-18-10/h10H,3-6H2,1-2H3,(H,15,16). The third kappa shape index (κ3) is 2.83. The zero-order valence-corrected chi connectivity index (χ0v) is 10.5. The summed E-state index contributed by atoms with van der Waals surface area (Å²) in [5.41, 5.74) is 2.05. The van der Waals surface area contributed by atoms with Crippen molar-refractivity contribution in [2.75, 3.05) is 19.8 Å². The summed E-state index contributed by atoms with van der Waals surface area (Å²) in [6, 6.07) is 0. The molecule has 6 heteroatoms. The summed E-state index contributed by atoms with van der Waals surface area (Å²) in [6.45, 7) is 5.14. The minimum atomic E-state index is -0.880. The molecule has 0 spiro atoms. The zero-order valence-electron chi connectivity index (χ0n) is 10.5. The number of carbonyl (C=O) groups is 1. The number of ether oxygens (including phenoxy) is 2. The SMILES string of the molecule is Cc1nc(C2COCCO2)nc(C)c1CC(=O)O. The van der Waals surface area contributed by atoms with Crippen LogP contribution in [0.1, 0.15) is 28.9 Å². The topological polar surface area (TPSA) is 81.5 Å². The van der Waals surface area contributed by atoms with Gasteiger partial charge in [0.15, 0.2) is 5.82 Å². The molecule has 2 heterocycles. The molecule has 0 amide bonds. The van der Waals surface area contributed by atoms with Gasteiger partial charge in [-0.1, -0.05) is 0 Å². The molecular weight excluding hydrogens is 236 g/mol. The summed E-state index contributed by atoms with van der Waals surface area (Å²) >= 11 is 0. The number of hydrogen-bond donors (Lipinski definition) is 1. The van der Waals surface area contributed by atoms with Crippen LogP contribution in [0.3, 0.4) is 0 Å². The van der Waals surface area contributed by atoms with Gasteiger partial charge in [-0.05, 0) is 13.8 Å². The Labute approximate surface area is 105 Å².